The highest BCUT2D eigenvalue weighted by Gasteiger charge is 2.44. The molecule has 1 aliphatic heterocycles. The van der Waals surface area contributed by atoms with Gasteiger partial charge < -0.3 is 29.9 Å². The summed E-state index contributed by atoms with van der Waals surface area (Å²) >= 11 is 0. The van der Waals surface area contributed by atoms with Crippen LogP contribution >= 0.6 is 0 Å². The lowest BCUT2D eigenvalue weighted by Gasteiger charge is -2.28. The maximum Gasteiger partial charge on any atom is 0.143 e. The smallest absolute Gasteiger partial charge is 0.143 e. The van der Waals surface area contributed by atoms with Crippen LogP contribution in [0.3, 0.4) is 0 Å². The number of aliphatic hydroxyl groups excluding tert-OH is 2. The quantitative estimate of drug-likeness (QED) is 0.491. The van der Waals surface area contributed by atoms with Crippen LogP contribution in [0.25, 0.3) is 11.0 Å². The van der Waals surface area contributed by atoms with Gasteiger partial charge in [0.05, 0.1) is 17.3 Å². The average molecular weight is 439 g/mol. The van der Waals surface area contributed by atoms with Gasteiger partial charge in [0.25, 0.3) is 0 Å². The van der Waals surface area contributed by atoms with E-state index in [2.05, 4.69) is 15.3 Å². The zero-order chi connectivity index (χ0) is 22.6. The largest absolute Gasteiger partial charge is 0.487 e. The van der Waals surface area contributed by atoms with Gasteiger partial charge in [-0.25, -0.2) is 9.97 Å². The van der Waals surface area contributed by atoms with Crippen LogP contribution in [0.15, 0.2) is 30.7 Å². The third kappa shape index (κ3) is 3.57. The van der Waals surface area contributed by atoms with E-state index in [1.54, 1.807) is 13.8 Å². The molecule has 0 amide bonds. The molecule has 5 rings (SSSR count). The molecule has 8 nitrogen and oxygen atoms in total. The highest BCUT2D eigenvalue weighted by atomic mass is 16.5. The molecule has 4 N–H and O–H groups in total. The molecule has 32 heavy (non-hydrogen) atoms. The monoisotopic (exact) mass is 438 g/mol. The second-order valence-electron chi connectivity index (χ2n) is 9.46. The van der Waals surface area contributed by atoms with Gasteiger partial charge in [-0.2, -0.15) is 0 Å². The summed E-state index contributed by atoms with van der Waals surface area (Å²) in [6.45, 7) is 6.98. The van der Waals surface area contributed by atoms with Gasteiger partial charge in [0.1, 0.15) is 36.0 Å². The fourth-order valence-corrected chi connectivity index (χ4v) is 4.91. The number of ether oxygens (including phenoxy) is 1. The molecule has 2 aromatic heterocycles. The topological polar surface area (TPSA) is 113 Å². The summed E-state index contributed by atoms with van der Waals surface area (Å²) in [7, 11) is 0. The van der Waals surface area contributed by atoms with E-state index < -0.39 is 23.9 Å². The standard InChI is InChI=1S/C24H30N4O4/c1-13-16-5-7-28(23(16)27-12-26-13)18-10-20(22(30)21(18)29)32-19-9-15(24(2,3)31)8-14-4-6-25-11-17(14)19/h5,7-9,12,18,20-22,25,29-31H,4,6,10-11H2,1-3H3. The lowest BCUT2D eigenvalue weighted by atomic mass is 9.90. The molecule has 1 saturated carbocycles. The minimum absolute atomic E-state index is 0.367. The number of rotatable bonds is 4. The minimum Gasteiger partial charge on any atom is -0.487 e. The molecule has 4 unspecified atom stereocenters. The van der Waals surface area contributed by atoms with Crippen LogP contribution in [0.5, 0.6) is 5.75 Å². The zero-order valence-electron chi connectivity index (χ0n) is 18.6. The van der Waals surface area contributed by atoms with Crippen molar-refractivity contribution in [1.29, 1.82) is 0 Å². The van der Waals surface area contributed by atoms with E-state index in [1.807, 2.05) is 35.9 Å². The predicted molar refractivity (Wildman–Crippen MR) is 119 cm³/mol. The number of nitrogens with zero attached hydrogens (tertiary/aromatic N) is 3. The van der Waals surface area contributed by atoms with Crippen molar-refractivity contribution in [1.82, 2.24) is 19.9 Å². The van der Waals surface area contributed by atoms with Gasteiger partial charge in [-0.1, -0.05) is 6.07 Å². The van der Waals surface area contributed by atoms with Gasteiger partial charge in [0.15, 0.2) is 0 Å². The molecule has 3 aromatic rings. The van der Waals surface area contributed by atoms with Crippen molar-refractivity contribution in [3.8, 4) is 5.75 Å². The van der Waals surface area contributed by atoms with E-state index in [0.717, 1.165) is 46.4 Å². The van der Waals surface area contributed by atoms with Crippen molar-refractivity contribution in [3.05, 3.63) is 53.1 Å². The summed E-state index contributed by atoms with van der Waals surface area (Å²) in [6.07, 6.45) is 2.07. The highest BCUT2D eigenvalue weighted by molar-refractivity contribution is 5.78. The SMILES string of the molecule is Cc1ncnc2c1ccn2C1CC(Oc2cc(C(C)(C)O)cc3c2CNCC3)C(O)C1O. The van der Waals surface area contributed by atoms with Gasteiger partial charge >= 0.3 is 0 Å². The molecular weight excluding hydrogens is 408 g/mol. The van der Waals surface area contributed by atoms with Crippen molar-refractivity contribution in [2.45, 2.75) is 70.1 Å². The van der Waals surface area contributed by atoms with Gasteiger partial charge in [-0.15, -0.1) is 0 Å². The number of aliphatic hydroxyl groups is 3. The number of benzene rings is 1. The molecule has 0 spiro atoms. The summed E-state index contributed by atoms with van der Waals surface area (Å²) < 4.78 is 8.26. The maximum absolute atomic E-state index is 10.9. The van der Waals surface area contributed by atoms with Crippen LogP contribution in [0.2, 0.25) is 0 Å². The minimum atomic E-state index is -1.04. The number of aryl methyl sites for hydroxylation is 1. The van der Waals surface area contributed by atoms with Crippen LogP contribution in [0.1, 0.15) is 48.7 Å². The van der Waals surface area contributed by atoms with Crippen LogP contribution in [-0.4, -0.2) is 54.7 Å². The second-order valence-corrected chi connectivity index (χ2v) is 9.46. The normalized spacial score (nSPS) is 25.8. The summed E-state index contributed by atoms with van der Waals surface area (Å²) in [5, 5.41) is 36.6. The molecule has 1 aromatic carbocycles. The van der Waals surface area contributed by atoms with Gasteiger partial charge in [-0.3, -0.25) is 0 Å². The number of nitrogens with one attached hydrogen (secondary N) is 1. The van der Waals surface area contributed by atoms with Gasteiger partial charge in [-0.05, 0) is 57.0 Å². The Bertz CT molecular complexity index is 1150. The number of aromatic nitrogens is 3. The molecular formula is C24H30N4O4. The average Bonchev–Trinajstić information content (AvgIpc) is 3.30. The number of hydrogen-bond donors (Lipinski definition) is 4. The number of hydrogen-bond acceptors (Lipinski definition) is 7. The Hall–Kier alpha value is -2.52. The van der Waals surface area contributed by atoms with E-state index in [-0.39, 0.29) is 6.04 Å². The first-order valence-electron chi connectivity index (χ1n) is 11.1. The Morgan fingerprint density at radius 1 is 1.19 bits per heavy atom. The van der Waals surface area contributed by atoms with Crippen LogP contribution in [0, 0.1) is 6.92 Å². The lowest BCUT2D eigenvalue weighted by Crippen LogP contribution is -2.35. The first-order chi connectivity index (χ1) is 15.2. The van der Waals surface area contributed by atoms with Crippen molar-refractivity contribution >= 4 is 11.0 Å². The van der Waals surface area contributed by atoms with E-state index in [0.29, 0.717) is 18.7 Å². The first kappa shape index (κ1) is 21.3. The van der Waals surface area contributed by atoms with Crippen LogP contribution < -0.4 is 10.1 Å². The molecule has 2 aliphatic rings. The van der Waals surface area contributed by atoms with E-state index >= 15 is 0 Å². The Labute approximate surface area is 186 Å². The van der Waals surface area contributed by atoms with E-state index in [1.165, 1.54) is 6.33 Å². The Morgan fingerprint density at radius 2 is 2.00 bits per heavy atom. The molecule has 1 aliphatic carbocycles. The molecule has 3 heterocycles. The Balaban J connectivity index is 1.47. The fraction of sp³-hybridized carbons (Fsp3) is 0.500. The molecule has 8 heteroatoms. The first-order valence-corrected chi connectivity index (χ1v) is 11.1. The molecule has 0 radical (unpaired) electrons. The lowest BCUT2D eigenvalue weighted by molar-refractivity contribution is -0.0168. The van der Waals surface area contributed by atoms with Crippen LogP contribution in [-0.2, 0) is 18.6 Å². The predicted octanol–water partition coefficient (Wildman–Crippen LogP) is 1.73. The van der Waals surface area contributed by atoms with E-state index in [4.69, 9.17) is 4.74 Å². The summed E-state index contributed by atoms with van der Waals surface area (Å²) in [4.78, 5) is 8.63. The zero-order valence-corrected chi connectivity index (χ0v) is 18.6. The number of fused-ring (bicyclic) bond motifs is 2. The molecule has 0 saturated heterocycles. The Morgan fingerprint density at radius 3 is 2.78 bits per heavy atom. The summed E-state index contributed by atoms with van der Waals surface area (Å²) in [5.74, 6) is 0.652. The van der Waals surface area contributed by atoms with Crippen molar-refractivity contribution in [3.63, 3.8) is 0 Å². The summed E-state index contributed by atoms with van der Waals surface area (Å²) in [5.41, 5.74) is 3.57. The maximum atomic E-state index is 10.9. The Kier molecular flexibility index (Phi) is 5.21. The third-order valence-electron chi connectivity index (χ3n) is 6.82. The molecule has 0 bridgehead atoms. The van der Waals surface area contributed by atoms with Gasteiger partial charge in [0.2, 0.25) is 0 Å². The van der Waals surface area contributed by atoms with Crippen molar-refractivity contribution < 1.29 is 20.1 Å². The second kappa shape index (κ2) is 7.81. The highest BCUT2D eigenvalue weighted by Crippen LogP contribution is 2.38. The van der Waals surface area contributed by atoms with Crippen LogP contribution in [0.4, 0.5) is 0 Å². The van der Waals surface area contributed by atoms with Gasteiger partial charge in [0, 0.05) is 30.1 Å². The van der Waals surface area contributed by atoms with Crippen molar-refractivity contribution in [2.24, 2.45) is 0 Å². The fourth-order valence-electron chi connectivity index (χ4n) is 4.91. The third-order valence-corrected chi connectivity index (χ3v) is 6.82. The molecule has 170 valence electrons. The molecule has 4 atom stereocenters. The molecule has 1 fully saturated rings. The van der Waals surface area contributed by atoms with E-state index in [9.17, 15) is 15.3 Å². The van der Waals surface area contributed by atoms with Crippen molar-refractivity contribution in [2.75, 3.05) is 6.54 Å². The summed E-state index contributed by atoms with van der Waals surface area (Å²) in [6, 6.07) is 5.47.